The Morgan fingerprint density at radius 3 is 2.75 bits per heavy atom. The minimum absolute atomic E-state index is 0.132. The molecule has 1 N–H and O–H groups in total. The molecule has 1 aromatic heterocycles. The summed E-state index contributed by atoms with van der Waals surface area (Å²) >= 11 is 5.92. The Labute approximate surface area is 126 Å². The number of halogens is 1. The molecule has 2 unspecified atom stereocenters. The summed E-state index contributed by atoms with van der Waals surface area (Å²) in [5.41, 5.74) is 0.132. The maximum atomic E-state index is 6.19. The number of furan rings is 1. The van der Waals surface area contributed by atoms with Crippen LogP contribution in [0.1, 0.15) is 56.7 Å². The lowest BCUT2D eigenvalue weighted by Gasteiger charge is -2.45. The van der Waals surface area contributed by atoms with Crippen LogP contribution in [-0.2, 0) is 4.74 Å². The first kappa shape index (κ1) is 14.4. The highest BCUT2D eigenvalue weighted by Gasteiger charge is 2.41. The van der Waals surface area contributed by atoms with E-state index < -0.39 is 0 Å². The molecule has 3 rings (SSSR count). The van der Waals surface area contributed by atoms with Crippen LogP contribution in [0.15, 0.2) is 16.5 Å². The molecular weight excluding hydrogens is 274 g/mol. The van der Waals surface area contributed by atoms with E-state index in [0.717, 1.165) is 25.2 Å². The maximum absolute atomic E-state index is 6.19. The standard InChI is InChI=1S/C16H24ClNO2/c1-18-15(13-5-6-14(17)20-13)12-7-10-19-16(11-12)8-3-2-4-9-16/h5-6,12,15,18H,2-4,7-11H2,1H3. The van der Waals surface area contributed by atoms with Crippen LogP contribution in [-0.4, -0.2) is 19.3 Å². The number of nitrogens with one attached hydrogen (secondary N) is 1. The van der Waals surface area contributed by atoms with Crippen molar-refractivity contribution >= 4 is 11.6 Å². The number of rotatable bonds is 3. The Morgan fingerprint density at radius 2 is 2.10 bits per heavy atom. The van der Waals surface area contributed by atoms with Gasteiger partial charge in [-0.15, -0.1) is 0 Å². The summed E-state index contributed by atoms with van der Waals surface area (Å²) in [5, 5.41) is 3.89. The van der Waals surface area contributed by atoms with Crippen molar-refractivity contribution in [3.8, 4) is 0 Å². The summed E-state index contributed by atoms with van der Waals surface area (Å²) in [5.74, 6) is 1.52. The Morgan fingerprint density at radius 1 is 1.30 bits per heavy atom. The summed E-state index contributed by atoms with van der Waals surface area (Å²) in [6, 6.07) is 4.06. The summed E-state index contributed by atoms with van der Waals surface area (Å²) in [4.78, 5) is 0. The fraction of sp³-hybridized carbons (Fsp3) is 0.750. The van der Waals surface area contributed by atoms with E-state index in [9.17, 15) is 0 Å². The molecule has 0 bridgehead atoms. The zero-order valence-electron chi connectivity index (χ0n) is 12.2. The van der Waals surface area contributed by atoms with Crippen molar-refractivity contribution in [2.75, 3.05) is 13.7 Å². The zero-order chi connectivity index (χ0) is 14.0. The van der Waals surface area contributed by atoms with Gasteiger partial charge >= 0.3 is 0 Å². The van der Waals surface area contributed by atoms with Crippen LogP contribution in [0.4, 0.5) is 0 Å². The van der Waals surface area contributed by atoms with Crippen LogP contribution in [0.5, 0.6) is 0 Å². The van der Waals surface area contributed by atoms with Gasteiger partial charge < -0.3 is 14.5 Å². The van der Waals surface area contributed by atoms with Crippen LogP contribution in [0, 0.1) is 5.92 Å². The van der Waals surface area contributed by atoms with Crippen molar-refractivity contribution in [1.29, 1.82) is 0 Å². The van der Waals surface area contributed by atoms with Crippen LogP contribution in [0.2, 0.25) is 5.22 Å². The average molecular weight is 298 g/mol. The molecule has 1 aliphatic heterocycles. The fourth-order valence-corrected chi connectivity index (χ4v) is 4.15. The lowest BCUT2D eigenvalue weighted by atomic mass is 9.74. The molecule has 1 saturated carbocycles. The molecule has 1 spiro atoms. The Balaban J connectivity index is 1.74. The first-order valence-electron chi connectivity index (χ1n) is 7.79. The molecule has 20 heavy (non-hydrogen) atoms. The summed E-state index contributed by atoms with van der Waals surface area (Å²) in [6.07, 6.45) is 8.64. The van der Waals surface area contributed by atoms with E-state index in [1.807, 2.05) is 19.2 Å². The number of hydrogen-bond donors (Lipinski definition) is 1. The molecule has 0 radical (unpaired) electrons. The number of ether oxygens (including phenoxy) is 1. The van der Waals surface area contributed by atoms with Gasteiger partial charge in [-0.1, -0.05) is 19.3 Å². The van der Waals surface area contributed by atoms with E-state index in [4.69, 9.17) is 20.8 Å². The molecular formula is C16H24ClNO2. The van der Waals surface area contributed by atoms with Crippen molar-refractivity contribution in [1.82, 2.24) is 5.32 Å². The van der Waals surface area contributed by atoms with Gasteiger partial charge in [0.2, 0.25) is 0 Å². The first-order chi connectivity index (χ1) is 9.72. The zero-order valence-corrected chi connectivity index (χ0v) is 12.9. The van der Waals surface area contributed by atoms with Gasteiger partial charge in [-0.3, -0.25) is 0 Å². The first-order valence-corrected chi connectivity index (χ1v) is 8.17. The van der Waals surface area contributed by atoms with Crippen molar-refractivity contribution in [2.45, 2.75) is 56.6 Å². The fourth-order valence-electron chi connectivity index (χ4n) is 4.00. The van der Waals surface area contributed by atoms with Crippen LogP contribution in [0.25, 0.3) is 0 Å². The van der Waals surface area contributed by atoms with E-state index >= 15 is 0 Å². The largest absolute Gasteiger partial charge is 0.448 e. The van der Waals surface area contributed by atoms with E-state index in [1.54, 1.807) is 0 Å². The van der Waals surface area contributed by atoms with Gasteiger partial charge in [0.1, 0.15) is 5.76 Å². The SMILES string of the molecule is CNC(c1ccc(Cl)o1)C1CCOC2(CCCCC2)C1. The second kappa shape index (κ2) is 6.08. The Hall–Kier alpha value is -0.510. The molecule has 0 aromatic carbocycles. The second-order valence-corrected chi connectivity index (χ2v) is 6.63. The minimum Gasteiger partial charge on any atom is -0.448 e. The van der Waals surface area contributed by atoms with Gasteiger partial charge in [-0.05, 0) is 62.4 Å². The predicted molar refractivity (Wildman–Crippen MR) is 80.0 cm³/mol. The molecule has 3 nitrogen and oxygen atoms in total. The van der Waals surface area contributed by atoms with Gasteiger partial charge in [0.25, 0.3) is 0 Å². The Bertz CT molecular complexity index is 434. The second-order valence-electron chi connectivity index (χ2n) is 6.25. The topological polar surface area (TPSA) is 34.4 Å². The molecule has 1 aromatic rings. The lowest BCUT2D eigenvalue weighted by Crippen LogP contribution is -2.44. The predicted octanol–water partition coefficient (Wildman–Crippen LogP) is 4.32. The summed E-state index contributed by atoms with van der Waals surface area (Å²) in [6.45, 7) is 0.872. The van der Waals surface area contributed by atoms with Crippen molar-refractivity contribution < 1.29 is 9.15 Å². The van der Waals surface area contributed by atoms with Crippen LogP contribution < -0.4 is 5.32 Å². The maximum Gasteiger partial charge on any atom is 0.193 e. The molecule has 2 atom stereocenters. The summed E-state index contributed by atoms with van der Waals surface area (Å²) in [7, 11) is 2.00. The quantitative estimate of drug-likeness (QED) is 0.902. The molecule has 2 fully saturated rings. The van der Waals surface area contributed by atoms with Crippen molar-refractivity contribution in [2.24, 2.45) is 5.92 Å². The van der Waals surface area contributed by atoms with Gasteiger partial charge in [0, 0.05) is 6.61 Å². The van der Waals surface area contributed by atoms with E-state index in [-0.39, 0.29) is 11.6 Å². The van der Waals surface area contributed by atoms with Crippen LogP contribution in [0.3, 0.4) is 0 Å². The Kier molecular flexibility index (Phi) is 4.39. The monoisotopic (exact) mass is 297 g/mol. The third-order valence-corrected chi connectivity index (χ3v) is 5.18. The van der Waals surface area contributed by atoms with Gasteiger partial charge in [0.05, 0.1) is 11.6 Å². The van der Waals surface area contributed by atoms with Gasteiger partial charge in [-0.2, -0.15) is 0 Å². The molecule has 2 heterocycles. The van der Waals surface area contributed by atoms with E-state index in [2.05, 4.69) is 5.32 Å². The molecule has 112 valence electrons. The lowest BCUT2D eigenvalue weighted by molar-refractivity contribution is -0.122. The molecule has 4 heteroatoms. The minimum atomic E-state index is 0.132. The average Bonchev–Trinajstić information content (AvgIpc) is 2.87. The molecule has 1 saturated heterocycles. The van der Waals surface area contributed by atoms with E-state index in [1.165, 1.54) is 32.1 Å². The van der Waals surface area contributed by atoms with Crippen molar-refractivity contribution in [3.63, 3.8) is 0 Å². The number of hydrogen-bond acceptors (Lipinski definition) is 3. The van der Waals surface area contributed by atoms with Gasteiger partial charge in [0.15, 0.2) is 5.22 Å². The highest BCUT2D eigenvalue weighted by Crippen LogP contribution is 2.44. The van der Waals surface area contributed by atoms with Gasteiger partial charge in [-0.25, -0.2) is 0 Å². The smallest absolute Gasteiger partial charge is 0.193 e. The third-order valence-electron chi connectivity index (χ3n) is 4.98. The molecule has 0 amide bonds. The van der Waals surface area contributed by atoms with E-state index in [0.29, 0.717) is 11.1 Å². The normalized spacial score (nSPS) is 27.6. The molecule has 2 aliphatic rings. The van der Waals surface area contributed by atoms with Crippen molar-refractivity contribution in [3.05, 3.63) is 23.1 Å². The highest BCUT2D eigenvalue weighted by molar-refractivity contribution is 6.28. The molecule has 1 aliphatic carbocycles. The van der Waals surface area contributed by atoms with Crippen LogP contribution >= 0.6 is 11.6 Å². The highest BCUT2D eigenvalue weighted by atomic mass is 35.5. The third kappa shape index (κ3) is 2.90. The summed E-state index contributed by atoms with van der Waals surface area (Å²) < 4.78 is 11.8.